The van der Waals surface area contributed by atoms with Crippen molar-refractivity contribution in [2.75, 3.05) is 6.61 Å². The van der Waals surface area contributed by atoms with Crippen molar-refractivity contribution in [3.05, 3.63) is 61.7 Å². The molecule has 0 amide bonds. The van der Waals surface area contributed by atoms with Gasteiger partial charge in [0.15, 0.2) is 11.2 Å². The molecule has 0 aliphatic rings. The van der Waals surface area contributed by atoms with E-state index in [0.29, 0.717) is 11.9 Å². The Morgan fingerprint density at radius 1 is 1.21 bits per heavy atom. The van der Waals surface area contributed by atoms with Gasteiger partial charge < -0.3 is 14.6 Å². The van der Waals surface area contributed by atoms with E-state index >= 15 is 0 Å². The molecular weight excluding hydrogens is 472 g/mol. The monoisotopic (exact) mass is 493 g/mol. The SMILES string of the molecule is Cn1c(=O)n(CCCO)c(=O)c2c1nc(Oc1cccc(OC(C)(F)F)c1)n2Cc1nccs1. The fraction of sp³-hybridized carbons (Fsp3) is 0.333. The van der Waals surface area contributed by atoms with E-state index in [1.54, 1.807) is 11.6 Å². The van der Waals surface area contributed by atoms with Crippen molar-refractivity contribution >= 4 is 22.5 Å². The van der Waals surface area contributed by atoms with Gasteiger partial charge in [0, 0.05) is 44.8 Å². The fourth-order valence-corrected chi connectivity index (χ4v) is 3.99. The van der Waals surface area contributed by atoms with Crippen molar-refractivity contribution in [2.45, 2.75) is 32.5 Å². The molecule has 10 nitrogen and oxygen atoms in total. The summed E-state index contributed by atoms with van der Waals surface area (Å²) in [5.41, 5.74) is -0.975. The molecule has 1 N–H and O–H groups in total. The predicted molar refractivity (Wildman–Crippen MR) is 120 cm³/mol. The minimum absolute atomic E-state index is 0.0290. The molecule has 4 aromatic rings. The van der Waals surface area contributed by atoms with E-state index in [-0.39, 0.29) is 54.8 Å². The molecule has 0 bridgehead atoms. The van der Waals surface area contributed by atoms with Crippen LogP contribution in [0, 0.1) is 0 Å². The summed E-state index contributed by atoms with van der Waals surface area (Å²) in [6.07, 6.45) is -1.55. The van der Waals surface area contributed by atoms with Gasteiger partial charge in [-0.15, -0.1) is 11.3 Å². The third-order valence-corrected chi connectivity index (χ3v) is 5.59. The zero-order valence-corrected chi connectivity index (χ0v) is 19.1. The molecular formula is C21H21F2N5O5S. The van der Waals surface area contributed by atoms with Gasteiger partial charge in [-0.2, -0.15) is 13.8 Å². The highest BCUT2D eigenvalue weighted by Gasteiger charge is 2.25. The highest BCUT2D eigenvalue weighted by Crippen LogP contribution is 2.29. The van der Waals surface area contributed by atoms with Crippen LogP contribution < -0.4 is 20.7 Å². The Balaban J connectivity index is 1.85. The van der Waals surface area contributed by atoms with Gasteiger partial charge in [0.05, 0.1) is 6.54 Å². The summed E-state index contributed by atoms with van der Waals surface area (Å²) in [4.78, 5) is 34.6. The highest BCUT2D eigenvalue weighted by atomic mass is 32.1. The average Bonchev–Trinajstić information content (AvgIpc) is 3.40. The Kier molecular flexibility index (Phi) is 6.48. The molecule has 0 atom stereocenters. The first-order chi connectivity index (χ1) is 16.2. The number of aliphatic hydroxyl groups excluding tert-OH is 1. The van der Waals surface area contributed by atoms with Gasteiger partial charge in [-0.3, -0.25) is 18.5 Å². The number of thiazole rings is 1. The van der Waals surface area contributed by atoms with Crippen LogP contribution in [0.1, 0.15) is 18.4 Å². The number of aliphatic hydroxyl groups is 1. The number of aryl methyl sites for hydroxylation is 1. The van der Waals surface area contributed by atoms with Gasteiger partial charge >= 0.3 is 17.8 Å². The van der Waals surface area contributed by atoms with E-state index in [1.165, 1.54) is 51.8 Å². The second-order valence-corrected chi connectivity index (χ2v) is 8.42. The van der Waals surface area contributed by atoms with Gasteiger partial charge in [-0.25, -0.2) is 9.78 Å². The molecule has 0 unspecified atom stereocenters. The zero-order valence-electron chi connectivity index (χ0n) is 18.3. The Bertz CT molecular complexity index is 1420. The van der Waals surface area contributed by atoms with Gasteiger partial charge in [0.1, 0.15) is 16.5 Å². The number of hydrogen-bond acceptors (Lipinski definition) is 8. The number of ether oxygens (including phenoxy) is 2. The van der Waals surface area contributed by atoms with Gasteiger partial charge in [-0.1, -0.05) is 6.07 Å². The summed E-state index contributed by atoms with van der Waals surface area (Å²) in [5, 5.41) is 11.6. The summed E-state index contributed by atoms with van der Waals surface area (Å²) < 4.78 is 40.7. The second kappa shape index (κ2) is 9.35. The van der Waals surface area contributed by atoms with Crippen molar-refractivity contribution in [1.29, 1.82) is 0 Å². The first-order valence-electron chi connectivity index (χ1n) is 10.2. The van der Waals surface area contributed by atoms with Crippen molar-refractivity contribution in [1.82, 2.24) is 23.7 Å². The lowest BCUT2D eigenvalue weighted by atomic mass is 10.3. The predicted octanol–water partition coefficient (Wildman–Crippen LogP) is 2.57. The average molecular weight is 493 g/mol. The third-order valence-electron chi connectivity index (χ3n) is 4.83. The molecule has 1 aromatic carbocycles. The molecule has 4 rings (SSSR count). The van der Waals surface area contributed by atoms with Crippen molar-refractivity contribution in [2.24, 2.45) is 7.05 Å². The first-order valence-corrected chi connectivity index (χ1v) is 11.1. The van der Waals surface area contributed by atoms with Gasteiger partial charge in [0.2, 0.25) is 0 Å². The van der Waals surface area contributed by atoms with Gasteiger partial charge in [-0.05, 0) is 18.6 Å². The maximum atomic E-state index is 13.3. The number of benzene rings is 1. The fourth-order valence-electron chi connectivity index (χ4n) is 3.38. The number of halogens is 2. The van der Waals surface area contributed by atoms with Crippen LogP contribution in [0.25, 0.3) is 11.2 Å². The standard InChI is InChI=1S/C21H21F2N5O5S/c1-21(22,23)33-14-6-3-5-13(11-14)32-19-25-17-16(28(19)12-15-24-7-10-34-15)18(30)27(8-4-9-29)20(31)26(17)2/h3,5-7,10-11,29H,4,8-9,12H2,1-2H3. The number of imidazole rings is 1. The molecule has 3 aromatic heterocycles. The highest BCUT2D eigenvalue weighted by molar-refractivity contribution is 7.09. The molecule has 0 aliphatic heterocycles. The third kappa shape index (κ3) is 4.84. The van der Waals surface area contributed by atoms with Gasteiger partial charge in [0.25, 0.3) is 5.56 Å². The number of alkyl halides is 2. The number of aromatic nitrogens is 5. The summed E-state index contributed by atoms with van der Waals surface area (Å²) in [6.45, 7) is 0.591. The number of hydrogen-bond donors (Lipinski definition) is 1. The molecule has 0 spiro atoms. The van der Waals surface area contributed by atoms with Crippen LogP contribution in [0.5, 0.6) is 17.5 Å². The summed E-state index contributed by atoms with van der Waals surface area (Å²) >= 11 is 1.36. The molecule has 0 fully saturated rings. The number of nitrogens with zero attached hydrogens (tertiary/aromatic N) is 5. The second-order valence-electron chi connectivity index (χ2n) is 7.44. The maximum Gasteiger partial charge on any atom is 0.394 e. The Labute approximate surface area is 195 Å². The summed E-state index contributed by atoms with van der Waals surface area (Å²) in [6, 6.07) is 5.58. The number of rotatable bonds is 9. The first kappa shape index (κ1) is 23.6. The quantitative estimate of drug-likeness (QED) is 0.381. The molecule has 13 heteroatoms. The molecule has 3 heterocycles. The maximum absolute atomic E-state index is 13.3. The van der Waals surface area contributed by atoms with Crippen LogP contribution in [0.3, 0.4) is 0 Å². The van der Waals surface area contributed by atoms with E-state index in [0.717, 1.165) is 4.57 Å². The number of fused-ring (bicyclic) bond motifs is 1. The normalized spacial score (nSPS) is 11.8. The van der Waals surface area contributed by atoms with E-state index < -0.39 is 17.4 Å². The lowest BCUT2D eigenvalue weighted by Crippen LogP contribution is -2.39. The molecule has 0 radical (unpaired) electrons. The van der Waals surface area contributed by atoms with Crippen molar-refractivity contribution in [3.63, 3.8) is 0 Å². The molecule has 0 saturated carbocycles. The van der Waals surface area contributed by atoms with E-state index in [9.17, 15) is 18.4 Å². The molecule has 0 saturated heterocycles. The van der Waals surface area contributed by atoms with E-state index in [1.807, 2.05) is 0 Å². The lowest BCUT2D eigenvalue weighted by molar-refractivity contribution is -0.159. The smallest absolute Gasteiger partial charge is 0.394 e. The largest absolute Gasteiger partial charge is 0.433 e. The Morgan fingerprint density at radius 2 is 1.97 bits per heavy atom. The van der Waals surface area contributed by atoms with E-state index in [2.05, 4.69) is 14.7 Å². The minimum atomic E-state index is -3.38. The van der Waals surface area contributed by atoms with Crippen molar-refractivity contribution in [3.8, 4) is 17.5 Å². The molecule has 180 valence electrons. The van der Waals surface area contributed by atoms with Crippen LogP contribution in [-0.2, 0) is 20.1 Å². The van der Waals surface area contributed by atoms with E-state index in [4.69, 9.17) is 9.84 Å². The van der Waals surface area contributed by atoms with Crippen LogP contribution in [0.4, 0.5) is 8.78 Å². The van der Waals surface area contributed by atoms with Crippen LogP contribution in [0.15, 0.2) is 45.4 Å². The minimum Gasteiger partial charge on any atom is -0.433 e. The Morgan fingerprint density at radius 3 is 2.65 bits per heavy atom. The topological polar surface area (TPSA) is 113 Å². The summed E-state index contributed by atoms with van der Waals surface area (Å²) in [5.74, 6) is 0.0226. The lowest BCUT2D eigenvalue weighted by Gasteiger charge is -2.14. The summed E-state index contributed by atoms with van der Waals surface area (Å²) in [7, 11) is 1.47. The van der Waals surface area contributed by atoms with Crippen LogP contribution in [0.2, 0.25) is 0 Å². The Hall–Kier alpha value is -3.58. The zero-order chi connectivity index (χ0) is 24.5. The van der Waals surface area contributed by atoms with Crippen molar-refractivity contribution < 1.29 is 23.4 Å². The molecule has 34 heavy (non-hydrogen) atoms. The molecule has 0 aliphatic carbocycles. The van der Waals surface area contributed by atoms with Crippen LogP contribution >= 0.6 is 11.3 Å². The van der Waals surface area contributed by atoms with Crippen LogP contribution in [-0.4, -0.2) is 41.5 Å².